The van der Waals surface area contributed by atoms with Crippen molar-refractivity contribution >= 4 is 23.4 Å². The molecule has 0 radical (unpaired) electrons. The average molecular weight is 452 g/mol. The Morgan fingerprint density at radius 2 is 1.55 bits per heavy atom. The second-order valence-electron chi connectivity index (χ2n) is 9.05. The van der Waals surface area contributed by atoms with E-state index in [4.69, 9.17) is 12.2 Å². The van der Waals surface area contributed by atoms with E-state index in [1.54, 1.807) is 0 Å². The van der Waals surface area contributed by atoms with Crippen molar-refractivity contribution in [3.05, 3.63) is 124 Å². The van der Waals surface area contributed by atoms with Crippen molar-refractivity contribution in [2.75, 3.05) is 13.1 Å². The minimum absolute atomic E-state index is 0.0642. The smallest absolute Gasteiger partial charge is 0.171 e. The van der Waals surface area contributed by atoms with Crippen LogP contribution in [0, 0.1) is 13.8 Å². The first-order chi connectivity index (χ1) is 16.0. The minimum Gasteiger partial charge on any atom is -0.352 e. The molecular weight excluding hydrogens is 422 g/mol. The first-order valence-electron chi connectivity index (χ1n) is 11.5. The maximum Gasteiger partial charge on any atom is 0.171 e. The molecule has 5 rings (SSSR count). The SMILES string of the molecule is Cc1ccc(/C=C2\CN(Cc3ccccc3)CC3=C2NC(=S)NC3c2ccc(C)cc2)cc1. The highest BCUT2D eigenvalue weighted by molar-refractivity contribution is 7.80. The number of rotatable bonds is 4. The van der Waals surface area contributed by atoms with Gasteiger partial charge in [0, 0.05) is 25.3 Å². The van der Waals surface area contributed by atoms with Crippen LogP contribution in [0.3, 0.4) is 0 Å². The van der Waals surface area contributed by atoms with E-state index in [1.165, 1.54) is 44.7 Å². The second kappa shape index (κ2) is 9.34. The zero-order chi connectivity index (χ0) is 22.8. The van der Waals surface area contributed by atoms with Crippen molar-refractivity contribution in [1.82, 2.24) is 15.5 Å². The Bertz CT molecular complexity index is 1210. The molecule has 0 spiro atoms. The summed E-state index contributed by atoms with van der Waals surface area (Å²) < 4.78 is 0. The number of hydrogen-bond acceptors (Lipinski definition) is 2. The number of nitrogens with zero attached hydrogens (tertiary/aromatic N) is 1. The van der Waals surface area contributed by atoms with Crippen LogP contribution in [0.2, 0.25) is 0 Å². The molecule has 33 heavy (non-hydrogen) atoms. The molecule has 0 bridgehead atoms. The monoisotopic (exact) mass is 451 g/mol. The Balaban J connectivity index is 1.57. The van der Waals surface area contributed by atoms with Crippen LogP contribution in [-0.2, 0) is 6.54 Å². The van der Waals surface area contributed by atoms with Gasteiger partial charge in [-0.3, -0.25) is 4.90 Å². The van der Waals surface area contributed by atoms with Crippen molar-refractivity contribution in [1.29, 1.82) is 0 Å². The van der Waals surface area contributed by atoms with Crippen LogP contribution in [0.5, 0.6) is 0 Å². The predicted octanol–water partition coefficient (Wildman–Crippen LogP) is 5.68. The van der Waals surface area contributed by atoms with Gasteiger partial charge in [0.1, 0.15) is 0 Å². The molecule has 0 aromatic heterocycles. The summed E-state index contributed by atoms with van der Waals surface area (Å²) in [4.78, 5) is 2.52. The summed E-state index contributed by atoms with van der Waals surface area (Å²) in [6, 6.07) is 28.3. The van der Waals surface area contributed by atoms with Crippen molar-refractivity contribution in [2.45, 2.75) is 26.4 Å². The van der Waals surface area contributed by atoms with E-state index in [-0.39, 0.29) is 6.04 Å². The van der Waals surface area contributed by atoms with Gasteiger partial charge in [-0.25, -0.2) is 0 Å². The van der Waals surface area contributed by atoms with E-state index in [2.05, 4.69) is 114 Å². The minimum atomic E-state index is 0.0642. The summed E-state index contributed by atoms with van der Waals surface area (Å²) in [5.41, 5.74) is 10.1. The number of hydrogen-bond donors (Lipinski definition) is 2. The molecule has 4 heteroatoms. The summed E-state index contributed by atoms with van der Waals surface area (Å²) >= 11 is 5.65. The molecular formula is C29H29N3S. The lowest BCUT2D eigenvalue weighted by Gasteiger charge is -2.40. The molecule has 0 fully saturated rings. The van der Waals surface area contributed by atoms with Crippen LogP contribution in [0.4, 0.5) is 0 Å². The highest BCUT2D eigenvalue weighted by Crippen LogP contribution is 2.35. The van der Waals surface area contributed by atoms with Crippen molar-refractivity contribution < 1.29 is 0 Å². The molecule has 166 valence electrons. The molecule has 3 aromatic carbocycles. The Kier molecular flexibility index (Phi) is 6.12. The zero-order valence-electron chi connectivity index (χ0n) is 19.1. The summed E-state index contributed by atoms with van der Waals surface area (Å²) in [6.45, 7) is 6.92. The number of aryl methyl sites for hydroxylation is 2. The van der Waals surface area contributed by atoms with Gasteiger partial charge >= 0.3 is 0 Å². The van der Waals surface area contributed by atoms with E-state index in [0.29, 0.717) is 5.11 Å². The van der Waals surface area contributed by atoms with Gasteiger partial charge in [0.15, 0.2) is 5.11 Å². The highest BCUT2D eigenvalue weighted by Gasteiger charge is 2.33. The van der Waals surface area contributed by atoms with E-state index in [1.807, 2.05) is 0 Å². The van der Waals surface area contributed by atoms with Crippen LogP contribution in [0.1, 0.15) is 33.9 Å². The van der Waals surface area contributed by atoms with Gasteiger partial charge in [-0.1, -0.05) is 90.0 Å². The summed E-state index contributed by atoms with van der Waals surface area (Å²) in [6.07, 6.45) is 2.30. The van der Waals surface area contributed by atoms with Gasteiger partial charge in [-0.05, 0) is 60.0 Å². The van der Waals surface area contributed by atoms with Gasteiger partial charge < -0.3 is 10.6 Å². The molecule has 2 aliphatic rings. The van der Waals surface area contributed by atoms with Crippen molar-refractivity contribution in [3.63, 3.8) is 0 Å². The fraction of sp³-hybridized carbons (Fsp3) is 0.207. The largest absolute Gasteiger partial charge is 0.352 e. The fourth-order valence-electron chi connectivity index (χ4n) is 4.64. The Morgan fingerprint density at radius 1 is 0.879 bits per heavy atom. The lowest BCUT2D eigenvalue weighted by atomic mass is 9.88. The standard InChI is InChI=1S/C29H29N3S/c1-20-8-12-22(13-9-20)16-25-18-32(17-23-6-4-3-5-7-23)19-26-27(30-29(33)31-28(25)26)24-14-10-21(2)11-15-24/h3-16,27H,17-19H2,1-2H3,(H2,30,31,33)/b25-16+. The van der Waals surface area contributed by atoms with Crippen LogP contribution in [0.15, 0.2) is 95.7 Å². The van der Waals surface area contributed by atoms with Crippen LogP contribution >= 0.6 is 12.2 Å². The first-order valence-corrected chi connectivity index (χ1v) is 11.9. The zero-order valence-corrected chi connectivity index (χ0v) is 20.0. The third-order valence-corrected chi connectivity index (χ3v) is 6.59. The molecule has 0 saturated heterocycles. The van der Waals surface area contributed by atoms with Gasteiger partial charge in [-0.2, -0.15) is 0 Å². The van der Waals surface area contributed by atoms with Gasteiger partial charge in [0.25, 0.3) is 0 Å². The second-order valence-corrected chi connectivity index (χ2v) is 9.46. The third-order valence-electron chi connectivity index (χ3n) is 6.37. The fourth-order valence-corrected chi connectivity index (χ4v) is 4.86. The van der Waals surface area contributed by atoms with Crippen LogP contribution < -0.4 is 10.6 Å². The average Bonchev–Trinajstić information content (AvgIpc) is 2.82. The Morgan fingerprint density at radius 3 is 2.24 bits per heavy atom. The summed E-state index contributed by atoms with van der Waals surface area (Å²) in [7, 11) is 0. The third kappa shape index (κ3) is 4.92. The summed E-state index contributed by atoms with van der Waals surface area (Å²) in [5, 5.41) is 7.72. The maximum atomic E-state index is 5.65. The number of benzene rings is 3. The molecule has 2 aliphatic heterocycles. The van der Waals surface area contributed by atoms with Crippen molar-refractivity contribution in [3.8, 4) is 0 Å². The number of nitrogens with one attached hydrogen (secondary N) is 2. The van der Waals surface area contributed by atoms with E-state index < -0.39 is 0 Å². The Hall–Kier alpha value is -3.21. The van der Waals surface area contributed by atoms with Gasteiger partial charge in [0.05, 0.1) is 6.04 Å². The van der Waals surface area contributed by atoms with Crippen molar-refractivity contribution in [2.24, 2.45) is 0 Å². The molecule has 3 nitrogen and oxygen atoms in total. The molecule has 3 aromatic rings. The molecule has 0 saturated carbocycles. The van der Waals surface area contributed by atoms with Gasteiger partial charge in [-0.15, -0.1) is 0 Å². The Labute approximate surface area is 201 Å². The quantitative estimate of drug-likeness (QED) is 0.500. The lowest BCUT2D eigenvalue weighted by Crippen LogP contribution is -2.49. The molecule has 0 amide bonds. The summed E-state index contributed by atoms with van der Waals surface area (Å²) in [5.74, 6) is 0. The van der Waals surface area contributed by atoms with E-state index in [9.17, 15) is 0 Å². The molecule has 0 aliphatic carbocycles. The molecule has 1 unspecified atom stereocenters. The lowest BCUT2D eigenvalue weighted by molar-refractivity contribution is 0.293. The topological polar surface area (TPSA) is 27.3 Å². The molecule has 2 heterocycles. The van der Waals surface area contributed by atoms with Crippen LogP contribution in [-0.4, -0.2) is 23.1 Å². The van der Waals surface area contributed by atoms with Gasteiger partial charge in [0.2, 0.25) is 0 Å². The highest BCUT2D eigenvalue weighted by atomic mass is 32.1. The molecule has 2 N–H and O–H groups in total. The van der Waals surface area contributed by atoms with E-state index in [0.717, 1.165) is 19.6 Å². The molecule has 1 atom stereocenters. The van der Waals surface area contributed by atoms with Crippen LogP contribution in [0.25, 0.3) is 6.08 Å². The maximum absolute atomic E-state index is 5.65. The van der Waals surface area contributed by atoms with E-state index >= 15 is 0 Å². The number of thiocarbonyl (C=S) groups is 1. The predicted molar refractivity (Wildman–Crippen MR) is 141 cm³/mol. The first kappa shape index (κ1) is 21.6. The normalized spacial score (nSPS) is 19.8.